The maximum absolute atomic E-state index is 12.3. The number of hydrogen-bond acceptors (Lipinski definition) is 8. The molecule has 4 rings (SSSR count). The van der Waals surface area contributed by atoms with Crippen LogP contribution in [0.5, 0.6) is 17.2 Å². The van der Waals surface area contributed by atoms with E-state index in [9.17, 15) is 14.7 Å². The van der Waals surface area contributed by atoms with E-state index in [0.29, 0.717) is 30.3 Å². The maximum Gasteiger partial charge on any atom is 0.414 e. The lowest BCUT2D eigenvalue weighted by Gasteiger charge is -2.27. The highest BCUT2D eigenvalue weighted by atomic mass is 79.9. The van der Waals surface area contributed by atoms with Crippen LogP contribution >= 0.6 is 47.8 Å². The van der Waals surface area contributed by atoms with Gasteiger partial charge in [-0.1, -0.05) is 47.8 Å². The van der Waals surface area contributed by atoms with Crippen molar-refractivity contribution in [1.82, 2.24) is 0 Å². The molecule has 0 fully saturated rings. The molecule has 0 spiro atoms. The largest absolute Gasteiger partial charge is 0.506 e. The van der Waals surface area contributed by atoms with Gasteiger partial charge in [0.1, 0.15) is 28.5 Å². The van der Waals surface area contributed by atoms with Crippen LogP contribution in [0, 0.1) is 0 Å². The summed E-state index contributed by atoms with van der Waals surface area (Å²) in [6, 6.07) is 15.3. The molecule has 0 aromatic heterocycles. The molecule has 0 saturated heterocycles. The summed E-state index contributed by atoms with van der Waals surface area (Å²) in [5, 5.41) is 20.9. The third kappa shape index (κ3) is 13.2. The molecule has 0 unspecified atom stereocenters. The Labute approximate surface area is 283 Å². The van der Waals surface area contributed by atoms with Crippen molar-refractivity contribution in [2.75, 3.05) is 29.1 Å². The highest BCUT2D eigenvalue weighted by Gasteiger charge is 2.27. The zero-order chi connectivity index (χ0) is 33.2. The van der Waals surface area contributed by atoms with E-state index in [-0.39, 0.29) is 17.6 Å². The van der Waals surface area contributed by atoms with Crippen molar-refractivity contribution < 1.29 is 34.0 Å². The van der Waals surface area contributed by atoms with Gasteiger partial charge in [-0.2, -0.15) is 0 Å². The number of phenolic OH excluding ortho intramolecular Hbond substituents is 2. The van der Waals surface area contributed by atoms with Crippen molar-refractivity contribution in [2.24, 2.45) is 0 Å². The Hall–Kier alpha value is -3.16. The Morgan fingerprint density at radius 1 is 0.841 bits per heavy atom. The van der Waals surface area contributed by atoms with Crippen molar-refractivity contribution in [1.29, 1.82) is 0 Å². The monoisotopic (exact) mass is 801 g/mol. The second-order valence-electron chi connectivity index (χ2n) is 11.4. The average molecular weight is 804 g/mol. The molecule has 1 aliphatic rings. The molecular weight excluding hydrogens is 766 g/mol. The fourth-order valence-corrected chi connectivity index (χ4v) is 4.49. The smallest absolute Gasteiger partial charge is 0.414 e. The number of nitrogens with two attached hydrogens (primary N) is 1. The van der Waals surface area contributed by atoms with E-state index in [4.69, 9.17) is 25.1 Å². The molecule has 13 heteroatoms. The van der Waals surface area contributed by atoms with Crippen LogP contribution < -0.4 is 20.7 Å². The first-order valence-corrected chi connectivity index (χ1v) is 15.9. The Balaban J connectivity index is 0.000000244. The lowest BCUT2D eigenvalue weighted by Crippen LogP contribution is -2.37. The summed E-state index contributed by atoms with van der Waals surface area (Å²) in [6.45, 7) is 12.1. The third-order valence-corrected chi connectivity index (χ3v) is 6.67. The van der Waals surface area contributed by atoms with Gasteiger partial charge in [-0.3, -0.25) is 10.2 Å². The lowest BCUT2D eigenvalue weighted by atomic mass is 10.2. The number of aromatic hydroxyl groups is 2. The fraction of sp³-hybridized carbons (Fsp3) is 0.355. The quantitative estimate of drug-likeness (QED) is 0.141. The summed E-state index contributed by atoms with van der Waals surface area (Å²) in [5.74, 6) is 0.832. The number of halogens is 3. The molecule has 5 N–H and O–H groups in total. The Morgan fingerprint density at radius 3 is 1.95 bits per heavy atom. The number of benzene rings is 3. The van der Waals surface area contributed by atoms with Crippen LogP contribution in [0.2, 0.25) is 0 Å². The van der Waals surface area contributed by atoms with E-state index in [2.05, 4.69) is 53.1 Å². The van der Waals surface area contributed by atoms with Gasteiger partial charge in [0.25, 0.3) is 0 Å². The number of carbonyl (C=O) groups excluding carboxylic acids is 2. The Kier molecular flexibility index (Phi) is 13.7. The predicted octanol–water partition coefficient (Wildman–Crippen LogP) is 9.21. The molecule has 2 amide bonds. The zero-order valence-corrected chi connectivity index (χ0v) is 30.2. The number of carbonyl (C=O) groups is 2. The molecule has 0 aliphatic carbocycles. The first-order valence-electron chi connectivity index (χ1n) is 13.5. The van der Waals surface area contributed by atoms with E-state index in [1.54, 1.807) is 56.0 Å². The number of phenols is 2. The van der Waals surface area contributed by atoms with E-state index >= 15 is 0 Å². The molecule has 10 nitrogen and oxygen atoms in total. The molecule has 3 aromatic carbocycles. The van der Waals surface area contributed by atoms with Gasteiger partial charge in [0.05, 0.1) is 23.7 Å². The molecule has 0 bridgehead atoms. The number of anilines is 3. The number of hydrogen-bond donors (Lipinski definition) is 4. The SMILES string of the molecule is CC(C)(C)OC(=O)N1CCCOc2ccc(Br)cc21.CC(C)(C)OC(=O)Nc1cc(Br)ccc1O.Nc1cc(Br)ccc1O. The van der Waals surface area contributed by atoms with Crippen LogP contribution in [0.3, 0.4) is 0 Å². The number of nitrogens with zero attached hydrogens (tertiary/aromatic N) is 1. The number of nitrogen functional groups attached to an aromatic ring is 1. The van der Waals surface area contributed by atoms with Crippen LogP contribution in [0.4, 0.5) is 26.7 Å². The molecule has 0 atom stereocenters. The van der Waals surface area contributed by atoms with Crippen molar-refractivity contribution in [3.05, 3.63) is 68.0 Å². The van der Waals surface area contributed by atoms with Crippen molar-refractivity contribution in [2.45, 2.75) is 59.2 Å². The van der Waals surface area contributed by atoms with Crippen molar-refractivity contribution in [3.63, 3.8) is 0 Å². The molecule has 240 valence electrons. The summed E-state index contributed by atoms with van der Waals surface area (Å²) in [7, 11) is 0. The van der Waals surface area contributed by atoms with Crippen LogP contribution in [-0.4, -0.2) is 46.8 Å². The molecule has 0 saturated carbocycles. The normalized spacial score (nSPS) is 12.5. The van der Waals surface area contributed by atoms with Gasteiger partial charge in [-0.25, -0.2) is 9.59 Å². The Morgan fingerprint density at radius 2 is 1.39 bits per heavy atom. The van der Waals surface area contributed by atoms with Crippen LogP contribution in [-0.2, 0) is 9.47 Å². The summed E-state index contributed by atoms with van der Waals surface area (Å²) < 4.78 is 18.7. The number of nitrogens with one attached hydrogen (secondary N) is 1. The highest BCUT2D eigenvalue weighted by molar-refractivity contribution is 9.11. The van der Waals surface area contributed by atoms with Gasteiger partial charge in [0.15, 0.2) is 0 Å². The number of ether oxygens (including phenoxy) is 3. The van der Waals surface area contributed by atoms with Crippen molar-refractivity contribution >= 4 is 77.0 Å². The summed E-state index contributed by atoms with van der Waals surface area (Å²) in [6.07, 6.45) is -0.149. The molecule has 44 heavy (non-hydrogen) atoms. The number of rotatable bonds is 1. The van der Waals surface area contributed by atoms with Gasteiger partial charge in [0.2, 0.25) is 0 Å². The predicted molar refractivity (Wildman–Crippen MR) is 184 cm³/mol. The van der Waals surface area contributed by atoms with Gasteiger partial charge >= 0.3 is 12.2 Å². The Bertz CT molecular complexity index is 1440. The number of fused-ring (bicyclic) bond motifs is 1. The minimum atomic E-state index is -0.596. The summed E-state index contributed by atoms with van der Waals surface area (Å²) >= 11 is 9.87. The van der Waals surface area contributed by atoms with Crippen LogP contribution in [0.15, 0.2) is 68.0 Å². The second kappa shape index (κ2) is 16.2. The van der Waals surface area contributed by atoms with Crippen LogP contribution in [0.1, 0.15) is 48.0 Å². The summed E-state index contributed by atoms with van der Waals surface area (Å²) in [4.78, 5) is 25.3. The van der Waals surface area contributed by atoms with Gasteiger partial charge in [-0.05, 0) is 103 Å². The number of amides is 2. The molecular formula is C31H38Br3N3O7. The van der Waals surface area contributed by atoms with Gasteiger partial charge in [-0.15, -0.1) is 0 Å². The molecule has 0 radical (unpaired) electrons. The molecule has 1 aliphatic heterocycles. The topological polar surface area (TPSA) is 144 Å². The zero-order valence-electron chi connectivity index (χ0n) is 25.4. The fourth-order valence-electron chi connectivity index (χ4n) is 3.40. The van der Waals surface area contributed by atoms with E-state index in [0.717, 1.165) is 25.5 Å². The van der Waals surface area contributed by atoms with Gasteiger partial charge in [0, 0.05) is 20.0 Å². The maximum atomic E-state index is 12.3. The van der Waals surface area contributed by atoms with Crippen molar-refractivity contribution in [3.8, 4) is 17.2 Å². The first kappa shape index (κ1) is 37.0. The summed E-state index contributed by atoms with van der Waals surface area (Å²) in [5.41, 5.74) is 5.73. The van der Waals surface area contributed by atoms with E-state index < -0.39 is 17.3 Å². The molecule has 1 heterocycles. The molecule has 3 aromatic rings. The average Bonchev–Trinajstić information content (AvgIpc) is 3.09. The van der Waals surface area contributed by atoms with E-state index in [1.165, 1.54) is 6.07 Å². The standard InChI is InChI=1S/C14H18BrNO3.C11H14BrNO3.C6H6BrNO/c1-14(2,3)19-13(17)16-7-4-8-18-12-6-5-10(15)9-11(12)16;1-11(2,3)16-10(15)13-8-6-7(12)4-5-9(8)14;7-4-1-2-6(9)5(8)3-4/h5-6,9H,4,7-8H2,1-3H3;4-6,14H,1-3H3,(H,13,15);1-3,9H,8H2. The first-order chi connectivity index (χ1) is 20.3. The van der Waals surface area contributed by atoms with Crippen LogP contribution in [0.25, 0.3) is 0 Å². The minimum absolute atomic E-state index is 0.00550. The lowest BCUT2D eigenvalue weighted by molar-refractivity contribution is 0.0578. The van der Waals surface area contributed by atoms with E-state index in [1.807, 2.05) is 39.0 Å². The highest BCUT2D eigenvalue weighted by Crippen LogP contribution is 2.34. The van der Waals surface area contributed by atoms with Gasteiger partial charge < -0.3 is 30.2 Å². The minimum Gasteiger partial charge on any atom is -0.506 e. The third-order valence-electron chi connectivity index (χ3n) is 5.19. The second-order valence-corrected chi connectivity index (χ2v) is 14.2.